The number of ether oxygens (including phenoxy) is 1. The Hall–Kier alpha value is -3.45. The molecule has 7 nitrogen and oxygen atoms in total. The summed E-state index contributed by atoms with van der Waals surface area (Å²) in [5, 5.41) is 17.0. The van der Waals surface area contributed by atoms with E-state index in [2.05, 4.69) is 10.5 Å². The molecule has 0 aliphatic carbocycles. The number of fused-ring (bicyclic) bond motifs is 1. The molecule has 0 heterocycles. The maximum atomic E-state index is 12.2. The number of hydrogen-bond acceptors (Lipinski definition) is 5. The Morgan fingerprint density at radius 2 is 1.93 bits per heavy atom. The van der Waals surface area contributed by atoms with Crippen molar-refractivity contribution in [2.45, 2.75) is 13.0 Å². The fourth-order valence-electron chi connectivity index (χ4n) is 2.50. The van der Waals surface area contributed by atoms with Crippen molar-refractivity contribution < 1.29 is 14.5 Å². The lowest BCUT2D eigenvalue weighted by molar-refractivity contribution is -0.384. The summed E-state index contributed by atoms with van der Waals surface area (Å²) in [6.45, 7) is 1.60. The summed E-state index contributed by atoms with van der Waals surface area (Å²) in [5.74, 6) is 0.0954. The zero-order valence-corrected chi connectivity index (χ0v) is 15.6. The van der Waals surface area contributed by atoms with Crippen LogP contribution < -0.4 is 10.2 Å². The molecular weight excluding hydrogens is 382 g/mol. The molecule has 0 spiro atoms. The summed E-state index contributed by atoms with van der Waals surface area (Å²) < 4.78 is 5.66. The van der Waals surface area contributed by atoms with E-state index in [1.807, 2.05) is 36.4 Å². The number of hydrazone groups is 1. The fourth-order valence-corrected chi connectivity index (χ4v) is 2.66. The van der Waals surface area contributed by atoms with E-state index in [0.717, 1.165) is 10.8 Å². The van der Waals surface area contributed by atoms with Crippen LogP contribution in [0.4, 0.5) is 5.69 Å². The molecule has 1 unspecified atom stereocenters. The molecule has 3 rings (SSSR count). The average molecular weight is 398 g/mol. The minimum atomic E-state index is -0.793. The lowest BCUT2D eigenvalue weighted by Crippen LogP contribution is -2.33. The van der Waals surface area contributed by atoms with E-state index in [0.29, 0.717) is 11.3 Å². The van der Waals surface area contributed by atoms with Crippen LogP contribution in [0.25, 0.3) is 10.8 Å². The van der Waals surface area contributed by atoms with Crippen molar-refractivity contribution in [3.05, 3.63) is 81.4 Å². The molecule has 0 aromatic heterocycles. The molecule has 28 heavy (non-hydrogen) atoms. The van der Waals surface area contributed by atoms with Gasteiger partial charge >= 0.3 is 0 Å². The van der Waals surface area contributed by atoms with Gasteiger partial charge in [0.1, 0.15) is 5.75 Å². The lowest BCUT2D eigenvalue weighted by atomic mass is 10.1. The Labute approximate surface area is 165 Å². The third-order valence-corrected chi connectivity index (χ3v) is 4.32. The molecule has 0 fully saturated rings. The van der Waals surface area contributed by atoms with Crippen LogP contribution in [0.5, 0.6) is 5.75 Å². The summed E-state index contributed by atoms with van der Waals surface area (Å²) in [6.07, 6.45) is 0.453. The second kappa shape index (κ2) is 8.49. The number of nitro groups is 1. The van der Waals surface area contributed by atoms with E-state index in [1.165, 1.54) is 24.4 Å². The van der Waals surface area contributed by atoms with E-state index < -0.39 is 16.9 Å². The topological polar surface area (TPSA) is 93.8 Å². The van der Waals surface area contributed by atoms with Crippen molar-refractivity contribution in [1.82, 2.24) is 5.43 Å². The van der Waals surface area contributed by atoms with Gasteiger partial charge < -0.3 is 4.74 Å². The largest absolute Gasteiger partial charge is 0.481 e. The summed E-state index contributed by atoms with van der Waals surface area (Å²) in [4.78, 5) is 22.5. The lowest BCUT2D eigenvalue weighted by Gasteiger charge is -2.13. The number of rotatable bonds is 6. The van der Waals surface area contributed by atoms with Crippen LogP contribution in [0.1, 0.15) is 12.5 Å². The van der Waals surface area contributed by atoms with Crippen molar-refractivity contribution in [3.63, 3.8) is 0 Å². The van der Waals surface area contributed by atoms with E-state index in [1.54, 1.807) is 13.0 Å². The molecule has 1 amide bonds. The van der Waals surface area contributed by atoms with Crippen LogP contribution in [0.3, 0.4) is 0 Å². The Morgan fingerprint density at radius 3 is 2.68 bits per heavy atom. The molecule has 0 aliphatic heterocycles. The third kappa shape index (κ3) is 4.63. The first-order valence-electron chi connectivity index (χ1n) is 8.36. The molecule has 1 atom stereocenters. The van der Waals surface area contributed by atoms with Crippen LogP contribution in [-0.4, -0.2) is 23.1 Å². The Bertz CT molecular complexity index is 1070. The number of halogens is 1. The zero-order chi connectivity index (χ0) is 20.1. The Morgan fingerprint density at radius 1 is 1.18 bits per heavy atom. The van der Waals surface area contributed by atoms with Crippen molar-refractivity contribution in [1.29, 1.82) is 0 Å². The number of carbonyl (C=O) groups is 1. The van der Waals surface area contributed by atoms with Gasteiger partial charge in [-0.15, -0.1) is 0 Å². The third-order valence-electron chi connectivity index (χ3n) is 3.97. The van der Waals surface area contributed by atoms with Gasteiger partial charge in [0, 0.05) is 22.7 Å². The highest BCUT2D eigenvalue weighted by Crippen LogP contribution is 2.22. The number of amides is 1. The maximum absolute atomic E-state index is 12.2. The first-order chi connectivity index (χ1) is 13.4. The van der Waals surface area contributed by atoms with Gasteiger partial charge in [-0.3, -0.25) is 14.9 Å². The molecule has 0 radical (unpaired) electrons. The van der Waals surface area contributed by atoms with Crippen LogP contribution in [0.15, 0.2) is 65.8 Å². The average Bonchev–Trinajstić information content (AvgIpc) is 2.69. The second-order valence-corrected chi connectivity index (χ2v) is 6.37. The zero-order valence-electron chi connectivity index (χ0n) is 14.8. The van der Waals surface area contributed by atoms with Crippen LogP contribution in [-0.2, 0) is 4.79 Å². The van der Waals surface area contributed by atoms with Crippen LogP contribution in [0.2, 0.25) is 5.02 Å². The Balaban J connectivity index is 1.63. The standard InChI is InChI=1S/C20H16ClN3O4/c1-13(28-18-8-6-14-4-2-3-5-15(14)11-18)20(25)23-22-12-16-10-17(24(26)27)7-9-19(16)21/h2-13H,1H3,(H,23,25). The van der Waals surface area contributed by atoms with E-state index in [4.69, 9.17) is 16.3 Å². The second-order valence-electron chi connectivity index (χ2n) is 5.97. The highest BCUT2D eigenvalue weighted by Gasteiger charge is 2.14. The van der Waals surface area contributed by atoms with Gasteiger partial charge in [-0.1, -0.05) is 41.9 Å². The van der Waals surface area contributed by atoms with Gasteiger partial charge in [-0.05, 0) is 35.9 Å². The number of hydrogen-bond donors (Lipinski definition) is 1. The normalized spacial score (nSPS) is 12.1. The highest BCUT2D eigenvalue weighted by atomic mass is 35.5. The van der Waals surface area contributed by atoms with Gasteiger partial charge in [-0.25, -0.2) is 5.43 Å². The molecule has 0 saturated carbocycles. The number of non-ortho nitro benzene ring substituents is 1. The Kier molecular flexibility index (Phi) is 5.86. The van der Waals surface area contributed by atoms with E-state index >= 15 is 0 Å². The summed E-state index contributed by atoms with van der Waals surface area (Å²) in [6, 6.07) is 17.3. The minimum Gasteiger partial charge on any atom is -0.481 e. The quantitative estimate of drug-likeness (QED) is 0.380. The molecule has 0 aliphatic rings. The maximum Gasteiger partial charge on any atom is 0.280 e. The van der Waals surface area contributed by atoms with E-state index in [-0.39, 0.29) is 10.7 Å². The van der Waals surface area contributed by atoms with E-state index in [9.17, 15) is 14.9 Å². The molecule has 142 valence electrons. The smallest absolute Gasteiger partial charge is 0.280 e. The number of carbonyl (C=O) groups excluding carboxylic acids is 1. The summed E-state index contributed by atoms with van der Waals surface area (Å²) in [7, 11) is 0. The van der Waals surface area contributed by atoms with Crippen molar-refractivity contribution in [3.8, 4) is 5.75 Å². The predicted octanol–water partition coefficient (Wildman–Crippen LogP) is 4.32. The molecule has 0 saturated heterocycles. The van der Waals surface area contributed by atoms with Gasteiger partial charge in [0.15, 0.2) is 6.10 Å². The monoisotopic (exact) mass is 397 g/mol. The van der Waals surface area contributed by atoms with Crippen molar-refractivity contribution in [2.24, 2.45) is 5.10 Å². The first-order valence-corrected chi connectivity index (χ1v) is 8.74. The van der Waals surface area contributed by atoms with Crippen LogP contribution in [0, 0.1) is 10.1 Å². The molecule has 8 heteroatoms. The minimum absolute atomic E-state index is 0.120. The van der Waals surface area contributed by atoms with Gasteiger partial charge in [-0.2, -0.15) is 5.10 Å². The number of nitrogens with one attached hydrogen (secondary N) is 1. The first kappa shape index (κ1) is 19.3. The van der Waals surface area contributed by atoms with Crippen molar-refractivity contribution in [2.75, 3.05) is 0 Å². The van der Waals surface area contributed by atoms with Gasteiger partial charge in [0.25, 0.3) is 11.6 Å². The van der Waals surface area contributed by atoms with Gasteiger partial charge in [0.05, 0.1) is 11.1 Å². The summed E-state index contributed by atoms with van der Waals surface area (Å²) >= 11 is 5.98. The highest BCUT2D eigenvalue weighted by molar-refractivity contribution is 6.33. The SMILES string of the molecule is CC(Oc1ccc2ccccc2c1)C(=O)NN=Cc1cc([N+](=O)[O-])ccc1Cl. The number of nitro benzene ring substituents is 1. The predicted molar refractivity (Wildman–Crippen MR) is 108 cm³/mol. The van der Waals surface area contributed by atoms with Gasteiger partial charge in [0.2, 0.25) is 0 Å². The van der Waals surface area contributed by atoms with Crippen LogP contribution >= 0.6 is 11.6 Å². The van der Waals surface area contributed by atoms with Crippen molar-refractivity contribution >= 4 is 40.2 Å². The molecule has 1 N–H and O–H groups in total. The molecule has 3 aromatic carbocycles. The molecule has 0 bridgehead atoms. The molecule has 3 aromatic rings. The molecular formula is C20H16ClN3O4. The number of benzene rings is 3. The fraction of sp³-hybridized carbons (Fsp3) is 0.100. The summed E-state index contributed by atoms with van der Waals surface area (Å²) in [5.41, 5.74) is 2.54. The number of nitrogens with zero attached hydrogens (tertiary/aromatic N) is 2.